The standard InChI is InChI=1S/C15H30N2O/c1-13-4-8-17(9-5-13)10-7-16-14-6-11-18-15(2,3)12-14/h13-14,16H,4-12H2,1-3H3. The molecule has 2 fully saturated rings. The highest BCUT2D eigenvalue weighted by molar-refractivity contribution is 4.83. The molecule has 2 rings (SSSR count). The summed E-state index contributed by atoms with van der Waals surface area (Å²) in [5.74, 6) is 0.936. The largest absolute Gasteiger partial charge is 0.375 e. The monoisotopic (exact) mass is 254 g/mol. The number of nitrogens with zero attached hydrogens (tertiary/aromatic N) is 1. The molecule has 2 saturated heterocycles. The third-order valence-electron chi connectivity index (χ3n) is 4.43. The van der Waals surface area contributed by atoms with Gasteiger partial charge in [0, 0.05) is 25.7 Å². The highest BCUT2D eigenvalue weighted by Gasteiger charge is 2.28. The van der Waals surface area contributed by atoms with Crippen LogP contribution < -0.4 is 5.32 Å². The lowest BCUT2D eigenvalue weighted by molar-refractivity contribution is -0.0629. The van der Waals surface area contributed by atoms with E-state index in [2.05, 4.69) is 31.0 Å². The lowest BCUT2D eigenvalue weighted by Crippen LogP contribution is -2.46. The molecule has 1 atom stereocenters. The van der Waals surface area contributed by atoms with Crippen molar-refractivity contribution in [1.82, 2.24) is 10.2 Å². The Morgan fingerprint density at radius 2 is 1.94 bits per heavy atom. The van der Waals surface area contributed by atoms with Crippen LogP contribution in [0.1, 0.15) is 46.5 Å². The fourth-order valence-corrected chi connectivity index (χ4v) is 3.12. The molecule has 3 nitrogen and oxygen atoms in total. The zero-order chi connectivity index (χ0) is 13.0. The quantitative estimate of drug-likeness (QED) is 0.833. The van der Waals surface area contributed by atoms with Crippen molar-refractivity contribution < 1.29 is 4.74 Å². The van der Waals surface area contributed by atoms with Crippen LogP contribution in [0.2, 0.25) is 0 Å². The Hall–Kier alpha value is -0.120. The average Bonchev–Trinajstić information content (AvgIpc) is 2.30. The highest BCUT2D eigenvalue weighted by atomic mass is 16.5. The normalized spacial score (nSPS) is 30.5. The van der Waals surface area contributed by atoms with Gasteiger partial charge in [-0.15, -0.1) is 0 Å². The maximum absolute atomic E-state index is 5.75. The van der Waals surface area contributed by atoms with Crippen molar-refractivity contribution in [2.75, 3.05) is 32.8 Å². The molecular weight excluding hydrogens is 224 g/mol. The topological polar surface area (TPSA) is 24.5 Å². The Balaban J connectivity index is 1.60. The van der Waals surface area contributed by atoms with Crippen molar-refractivity contribution in [3.63, 3.8) is 0 Å². The molecular formula is C15H30N2O. The van der Waals surface area contributed by atoms with Crippen molar-refractivity contribution in [3.05, 3.63) is 0 Å². The summed E-state index contributed by atoms with van der Waals surface area (Å²) in [4.78, 5) is 2.61. The molecule has 1 unspecified atom stereocenters. The zero-order valence-electron chi connectivity index (χ0n) is 12.4. The fourth-order valence-electron chi connectivity index (χ4n) is 3.12. The molecule has 0 radical (unpaired) electrons. The van der Waals surface area contributed by atoms with Crippen LogP contribution >= 0.6 is 0 Å². The van der Waals surface area contributed by atoms with E-state index in [0.29, 0.717) is 6.04 Å². The lowest BCUT2D eigenvalue weighted by atomic mass is 9.94. The van der Waals surface area contributed by atoms with Gasteiger partial charge in [-0.05, 0) is 58.5 Å². The van der Waals surface area contributed by atoms with Crippen molar-refractivity contribution in [2.24, 2.45) is 5.92 Å². The second kappa shape index (κ2) is 6.36. The van der Waals surface area contributed by atoms with Gasteiger partial charge in [-0.25, -0.2) is 0 Å². The maximum Gasteiger partial charge on any atom is 0.0641 e. The highest BCUT2D eigenvalue weighted by Crippen LogP contribution is 2.23. The van der Waals surface area contributed by atoms with Crippen LogP contribution in [0.5, 0.6) is 0 Å². The molecule has 0 spiro atoms. The molecule has 106 valence electrons. The molecule has 18 heavy (non-hydrogen) atoms. The fraction of sp³-hybridized carbons (Fsp3) is 1.00. The van der Waals surface area contributed by atoms with E-state index in [1.807, 2.05) is 0 Å². The Bertz CT molecular complexity index is 247. The average molecular weight is 254 g/mol. The van der Waals surface area contributed by atoms with E-state index in [-0.39, 0.29) is 5.60 Å². The molecule has 0 aliphatic carbocycles. The molecule has 2 aliphatic rings. The SMILES string of the molecule is CC1CCN(CCNC2CCOC(C)(C)C2)CC1. The molecule has 0 aromatic rings. The maximum atomic E-state index is 5.75. The third kappa shape index (κ3) is 4.52. The lowest BCUT2D eigenvalue weighted by Gasteiger charge is -2.36. The summed E-state index contributed by atoms with van der Waals surface area (Å²) in [6.07, 6.45) is 5.07. The first-order valence-electron chi connectivity index (χ1n) is 7.65. The molecule has 2 heterocycles. The predicted octanol–water partition coefficient (Wildman–Crippen LogP) is 2.27. The minimum absolute atomic E-state index is 0.0659. The van der Waals surface area contributed by atoms with Crippen molar-refractivity contribution in [3.8, 4) is 0 Å². The molecule has 0 aromatic carbocycles. The molecule has 0 aromatic heterocycles. The van der Waals surface area contributed by atoms with E-state index in [0.717, 1.165) is 25.5 Å². The van der Waals surface area contributed by atoms with Crippen LogP contribution in [0, 0.1) is 5.92 Å². The van der Waals surface area contributed by atoms with Gasteiger partial charge in [0.1, 0.15) is 0 Å². The first-order chi connectivity index (χ1) is 8.55. The van der Waals surface area contributed by atoms with Crippen molar-refractivity contribution >= 4 is 0 Å². The second-order valence-corrected chi connectivity index (χ2v) is 6.78. The number of likely N-dealkylation sites (tertiary alicyclic amines) is 1. The number of piperidine rings is 1. The van der Waals surface area contributed by atoms with Gasteiger partial charge in [0.2, 0.25) is 0 Å². The number of hydrogen-bond acceptors (Lipinski definition) is 3. The van der Waals surface area contributed by atoms with Gasteiger partial charge in [-0.1, -0.05) is 6.92 Å². The van der Waals surface area contributed by atoms with E-state index in [9.17, 15) is 0 Å². The van der Waals surface area contributed by atoms with Gasteiger partial charge in [0.15, 0.2) is 0 Å². The number of nitrogens with one attached hydrogen (secondary N) is 1. The summed E-state index contributed by atoms with van der Waals surface area (Å²) in [6.45, 7) is 12.6. The van der Waals surface area contributed by atoms with Crippen LogP contribution in [0.25, 0.3) is 0 Å². The van der Waals surface area contributed by atoms with Crippen LogP contribution in [0.3, 0.4) is 0 Å². The van der Waals surface area contributed by atoms with Crippen LogP contribution in [0.15, 0.2) is 0 Å². The van der Waals surface area contributed by atoms with Crippen molar-refractivity contribution in [1.29, 1.82) is 0 Å². The van der Waals surface area contributed by atoms with Crippen molar-refractivity contribution in [2.45, 2.75) is 58.1 Å². The number of rotatable bonds is 4. The Labute approximate surface area is 112 Å². The summed E-state index contributed by atoms with van der Waals surface area (Å²) in [5.41, 5.74) is 0.0659. The Morgan fingerprint density at radius 3 is 2.61 bits per heavy atom. The van der Waals surface area contributed by atoms with Gasteiger partial charge in [0.25, 0.3) is 0 Å². The van der Waals surface area contributed by atoms with E-state index < -0.39 is 0 Å². The zero-order valence-corrected chi connectivity index (χ0v) is 12.4. The predicted molar refractivity (Wildman–Crippen MR) is 75.9 cm³/mol. The summed E-state index contributed by atoms with van der Waals surface area (Å²) < 4.78 is 5.75. The first-order valence-corrected chi connectivity index (χ1v) is 7.65. The van der Waals surface area contributed by atoms with Crippen LogP contribution in [0.4, 0.5) is 0 Å². The van der Waals surface area contributed by atoms with Crippen LogP contribution in [-0.4, -0.2) is 49.3 Å². The van der Waals surface area contributed by atoms with Gasteiger partial charge in [-0.2, -0.15) is 0 Å². The number of ether oxygens (including phenoxy) is 1. The van der Waals surface area contributed by atoms with E-state index >= 15 is 0 Å². The Morgan fingerprint density at radius 1 is 1.22 bits per heavy atom. The van der Waals surface area contributed by atoms with E-state index in [1.54, 1.807) is 0 Å². The van der Waals surface area contributed by atoms with Gasteiger partial charge >= 0.3 is 0 Å². The van der Waals surface area contributed by atoms with E-state index in [4.69, 9.17) is 4.74 Å². The summed E-state index contributed by atoms with van der Waals surface area (Å²) in [6, 6.07) is 0.650. The first kappa shape index (κ1) is 14.3. The minimum atomic E-state index is 0.0659. The van der Waals surface area contributed by atoms with Crippen LogP contribution in [-0.2, 0) is 4.74 Å². The molecule has 0 bridgehead atoms. The summed E-state index contributed by atoms with van der Waals surface area (Å²) in [7, 11) is 0. The third-order valence-corrected chi connectivity index (χ3v) is 4.43. The molecule has 3 heteroatoms. The van der Waals surface area contributed by atoms with E-state index in [1.165, 1.54) is 38.9 Å². The molecule has 1 N–H and O–H groups in total. The van der Waals surface area contributed by atoms with Gasteiger partial charge < -0.3 is 15.0 Å². The molecule has 0 saturated carbocycles. The second-order valence-electron chi connectivity index (χ2n) is 6.78. The van der Waals surface area contributed by atoms with Gasteiger partial charge in [-0.3, -0.25) is 0 Å². The summed E-state index contributed by atoms with van der Waals surface area (Å²) >= 11 is 0. The Kier molecular flexibility index (Phi) is 5.05. The minimum Gasteiger partial charge on any atom is -0.375 e. The van der Waals surface area contributed by atoms with Gasteiger partial charge in [0.05, 0.1) is 5.60 Å². The summed E-state index contributed by atoms with van der Waals surface area (Å²) in [5, 5.41) is 3.71. The smallest absolute Gasteiger partial charge is 0.0641 e. The molecule has 2 aliphatic heterocycles. The number of hydrogen-bond donors (Lipinski definition) is 1. The molecule has 0 amide bonds.